The molecule has 3 aromatic rings. The Morgan fingerprint density at radius 2 is 1.47 bits per heavy atom. The molecular weight excluding hydrogens is 402 g/mol. The number of likely N-dealkylation sites (N-methyl/N-ethyl adjacent to an activating group) is 1. The van der Waals surface area contributed by atoms with Crippen LogP contribution in [-0.2, 0) is 14.8 Å². The summed E-state index contributed by atoms with van der Waals surface area (Å²) in [5.74, 6) is -0.872. The Morgan fingerprint density at radius 1 is 0.833 bits per heavy atom. The predicted octanol–water partition coefficient (Wildman–Crippen LogP) is 2.70. The maximum absolute atomic E-state index is 12.8. The number of sulfonamides is 1. The molecule has 0 aliphatic rings. The number of hydrogen-bond acceptors (Lipinski definition) is 4. The molecule has 0 bridgehead atoms. The maximum atomic E-state index is 12.8. The van der Waals surface area contributed by atoms with Crippen molar-refractivity contribution < 1.29 is 18.0 Å². The Morgan fingerprint density at radius 3 is 2.10 bits per heavy atom. The zero-order valence-electron chi connectivity index (χ0n) is 16.2. The van der Waals surface area contributed by atoms with Gasteiger partial charge in [-0.05, 0) is 35.9 Å². The van der Waals surface area contributed by atoms with E-state index in [1.165, 1.54) is 25.2 Å². The van der Waals surface area contributed by atoms with Gasteiger partial charge in [0.15, 0.2) is 0 Å². The van der Waals surface area contributed by atoms with Crippen LogP contribution in [0.15, 0.2) is 89.8 Å². The van der Waals surface area contributed by atoms with Crippen molar-refractivity contribution in [3.8, 4) is 0 Å². The monoisotopic (exact) mass is 423 g/mol. The van der Waals surface area contributed by atoms with Crippen LogP contribution < -0.4 is 15.4 Å². The minimum Gasteiger partial charge on any atom is -0.357 e. The normalized spacial score (nSPS) is 11.9. The van der Waals surface area contributed by atoms with Gasteiger partial charge in [0.25, 0.3) is 15.9 Å². The first kappa shape index (κ1) is 21.1. The van der Waals surface area contributed by atoms with E-state index in [4.69, 9.17) is 0 Å². The Balaban J connectivity index is 1.81. The molecule has 2 amide bonds. The third-order valence-electron chi connectivity index (χ3n) is 4.35. The number of amides is 2. The summed E-state index contributed by atoms with van der Waals surface area (Å²) < 4.78 is 27.5. The van der Waals surface area contributed by atoms with Crippen molar-refractivity contribution >= 4 is 27.5 Å². The van der Waals surface area contributed by atoms with Gasteiger partial charge in [-0.3, -0.25) is 14.3 Å². The third-order valence-corrected chi connectivity index (χ3v) is 5.74. The number of rotatable bonds is 7. The van der Waals surface area contributed by atoms with Crippen LogP contribution in [0.25, 0.3) is 0 Å². The molecule has 1 atom stereocenters. The summed E-state index contributed by atoms with van der Waals surface area (Å²) in [6, 6.07) is 22.0. The van der Waals surface area contributed by atoms with E-state index in [0.717, 1.165) is 0 Å². The Hall–Kier alpha value is -3.65. The van der Waals surface area contributed by atoms with Crippen molar-refractivity contribution in [2.45, 2.75) is 10.9 Å². The topological polar surface area (TPSA) is 104 Å². The molecule has 0 fully saturated rings. The zero-order chi connectivity index (χ0) is 21.6. The van der Waals surface area contributed by atoms with Gasteiger partial charge in [-0.15, -0.1) is 0 Å². The standard InChI is InChI=1S/C22H21N3O4S/c1-23-22(27)20(16-9-4-2-5-10-16)24-21(26)17-11-8-12-18(15-17)25-30(28,29)19-13-6-3-7-14-19/h2-15,20,25H,1H3,(H,23,27)(H,24,26)/t20-/m0/s1. The largest absolute Gasteiger partial charge is 0.357 e. The number of nitrogens with one attached hydrogen (secondary N) is 3. The molecule has 0 heterocycles. The highest BCUT2D eigenvalue weighted by atomic mass is 32.2. The molecular formula is C22H21N3O4S. The van der Waals surface area contributed by atoms with E-state index in [2.05, 4.69) is 15.4 Å². The number of carbonyl (C=O) groups excluding carboxylic acids is 2. The molecule has 0 aromatic heterocycles. The first-order valence-electron chi connectivity index (χ1n) is 9.16. The molecule has 0 aliphatic carbocycles. The summed E-state index contributed by atoms with van der Waals surface area (Å²) >= 11 is 0. The van der Waals surface area contributed by atoms with Gasteiger partial charge in [-0.2, -0.15) is 0 Å². The highest BCUT2D eigenvalue weighted by Gasteiger charge is 2.22. The van der Waals surface area contributed by atoms with Gasteiger partial charge in [0.1, 0.15) is 6.04 Å². The molecule has 0 spiro atoms. The van der Waals surface area contributed by atoms with Crippen LogP contribution in [0.1, 0.15) is 22.0 Å². The van der Waals surface area contributed by atoms with E-state index >= 15 is 0 Å². The smallest absolute Gasteiger partial charge is 0.261 e. The third kappa shape index (κ3) is 5.03. The fraction of sp³-hybridized carbons (Fsp3) is 0.0909. The molecule has 8 heteroatoms. The zero-order valence-corrected chi connectivity index (χ0v) is 17.0. The van der Waals surface area contributed by atoms with Crippen molar-refractivity contribution in [3.05, 3.63) is 96.1 Å². The lowest BCUT2D eigenvalue weighted by Gasteiger charge is -2.18. The van der Waals surface area contributed by atoms with Gasteiger partial charge < -0.3 is 10.6 Å². The Labute approximate surface area is 175 Å². The van der Waals surface area contributed by atoms with Gasteiger partial charge in [0.05, 0.1) is 4.90 Å². The summed E-state index contributed by atoms with van der Waals surface area (Å²) in [5.41, 5.74) is 1.09. The van der Waals surface area contributed by atoms with Crippen molar-refractivity contribution in [1.29, 1.82) is 0 Å². The molecule has 0 aliphatic heterocycles. The molecule has 0 saturated carbocycles. The average molecular weight is 423 g/mol. The molecule has 3 aromatic carbocycles. The number of carbonyl (C=O) groups is 2. The van der Waals surface area contributed by atoms with Crippen LogP contribution in [0, 0.1) is 0 Å². The summed E-state index contributed by atoms with van der Waals surface area (Å²) in [4.78, 5) is 25.2. The molecule has 3 N–H and O–H groups in total. The van der Waals surface area contributed by atoms with Crippen molar-refractivity contribution in [2.24, 2.45) is 0 Å². The second kappa shape index (κ2) is 9.23. The highest BCUT2D eigenvalue weighted by molar-refractivity contribution is 7.92. The average Bonchev–Trinajstić information content (AvgIpc) is 2.78. The maximum Gasteiger partial charge on any atom is 0.261 e. The van der Waals surface area contributed by atoms with Crippen LogP contribution in [0.5, 0.6) is 0 Å². The Bertz CT molecular complexity index is 1130. The molecule has 3 rings (SSSR count). The molecule has 7 nitrogen and oxygen atoms in total. The van der Waals surface area contributed by atoms with Gasteiger partial charge in [-0.25, -0.2) is 8.42 Å². The summed E-state index contributed by atoms with van der Waals surface area (Å²) in [7, 11) is -2.30. The molecule has 30 heavy (non-hydrogen) atoms. The van der Waals surface area contributed by atoms with E-state index in [1.54, 1.807) is 60.7 Å². The second-order valence-corrected chi connectivity index (χ2v) is 8.11. The quantitative estimate of drug-likeness (QED) is 0.543. The fourth-order valence-electron chi connectivity index (χ4n) is 2.84. The van der Waals surface area contributed by atoms with Gasteiger partial charge in [0.2, 0.25) is 5.91 Å². The number of benzene rings is 3. The van der Waals surface area contributed by atoms with Gasteiger partial charge >= 0.3 is 0 Å². The second-order valence-electron chi connectivity index (χ2n) is 6.43. The predicted molar refractivity (Wildman–Crippen MR) is 114 cm³/mol. The highest BCUT2D eigenvalue weighted by Crippen LogP contribution is 2.18. The van der Waals surface area contributed by atoms with E-state index < -0.39 is 22.0 Å². The van der Waals surface area contributed by atoms with Crippen molar-refractivity contribution in [1.82, 2.24) is 10.6 Å². The molecule has 0 unspecified atom stereocenters. The minimum atomic E-state index is -3.79. The van der Waals surface area contributed by atoms with Crippen LogP contribution >= 0.6 is 0 Å². The van der Waals surface area contributed by atoms with Gasteiger partial charge in [-0.1, -0.05) is 54.6 Å². The van der Waals surface area contributed by atoms with Crippen LogP contribution in [0.3, 0.4) is 0 Å². The van der Waals surface area contributed by atoms with E-state index in [1.807, 2.05) is 6.07 Å². The summed E-state index contributed by atoms with van der Waals surface area (Å²) in [6.07, 6.45) is 0. The summed E-state index contributed by atoms with van der Waals surface area (Å²) in [5, 5.41) is 5.23. The first-order valence-corrected chi connectivity index (χ1v) is 10.6. The molecule has 154 valence electrons. The number of anilines is 1. The van der Waals surface area contributed by atoms with Crippen molar-refractivity contribution in [3.63, 3.8) is 0 Å². The first-order chi connectivity index (χ1) is 14.4. The summed E-state index contributed by atoms with van der Waals surface area (Å²) in [6.45, 7) is 0. The van der Waals surface area contributed by atoms with E-state index in [9.17, 15) is 18.0 Å². The fourth-order valence-corrected chi connectivity index (χ4v) is 3.91. The SMILES string of the molecule is CNC(=O)[C@@H](NC(=O)c1cccc(NS(=O)(=O)c2ccccc2)c1)c1ccccc1. The van der Waals surface area contributed by atoms with Crippen LogP contribution in [0.2, 0.25) is 0 Å². The lowest BCUT2D eigenvalue weighted by atomic mass is 10.1. The Kier molecular flexibility index (Phi) is 6.48. The lowest BCUT2D eigenvalue weighted by molar-refractivity contribution is -0.122. The number of hydrogen-bond donors (Lipinski definition) is 3. The van der Waals surface area contributed by atoms with Gasteiger partial charge in [0, 0.05) is 18.3 Å². The van der Waals surface area contributed by atoms with Crippen molar-refractivity contribution in [2.75, 3.05) is 11.8 Å². The molecule has 0 saturated heterocycles. The van der Waals surface area contributed by atoms with E-state index in [0.29, 0.717) is 5.56 Å². The lowest BCUT2D eigenvalue weighted by Crippen LogP contribution is -2.39. The minimum absolute atomic E-state index is 0.114. The van der Waals surface area contributed by atoms with Crippen LogP contribution in [0.4, 0.5) is 5.69 Å². The van der Waals surface area contributed by atoms with Crippen LogP contribution in [-0.4, -0.2) is 27.3 Å². The van der Waals surface area contributed by atoms with E-state index in [-0.39, 0.29) is 22.1 Å². The molecule has 0 radical (unpaired) electrons.